The van der Waals surface area contributed by atoms with E-state index in [1.54, 1.807) is 16.9 Å². The predicted molar refractivity (Wildman–Crippen MR) is 113 cm³/mol. The molecular weight excluding hydrogens is 365 g/mol. The molecule has 0 fully saturated rings. The zero-order chi connectivity index (χ0) is 20.5. The minimum absolute atomic E-state index is 0.231. The molecule has 0 aliphatic carbocycles. The molecule has 0 saturated carbocycles. The standard InChI is InChI=1S/C23H24FN5/c1-5-29-13-17(12-25-29)18-11-16(9-10-19(18)24)21-22(28-23(27-21)14(2)3)20-8-6-7-15(4)26-20/h6-14H,5H2,1-4H3,(H,27,28). The van der Waals surface area contributed by atoms with Gasteiger partial charge in [-0.2, -0.15) is 5.10 Å². The molecule has 3 heterocycles. The molecule has 5 nitrogen and oxygen atoms in total. The Balaban J connectivity index is 1.87. The normalized spacial score (nSPS) is 11.4. The third-order valence-electron chi connectivity index (χ3n) is 4.92. The minimum Gasteiger partial charge on any atom is -0.340 e. The topological polar surface area (TPSA) is 59.4 Å². The fourth-order valence-electron chi connectivity index (χ4n) is 3.31. The molecule has 1 aromatic carbocycles. The largest absolute Gasteiger partial charge is 0.340 e. The van der Waals surface area contributed by atoms with Gasteiger partial charge in [0.25, 0.3) is 0 Å². The van der Waals surface area contributed by atoms with Crippen molar-refractivity contribution >= 4 is 0 Å². The first-order chi connectivity index (χ1) is 14.0. The fraction of sp³-hybridized carbons (Fsp3) is 0.261. The van der Waals surface area contributed by atoms with Crippen LogP contribution >= 0.6 is 0 Å². The Morgan fingerprint density at radius 1 is 1.10 bits per heavy atom. The first-order valence-electron chi connectivity index (χ1n) is 9.83. The van der Waals surface area contributed by atoms with E-state index in [1.807, 2.05) is 44.3 Å². The summed E-state index contributed by atoms with van der Waals surface area (Å²) in [5.74, 6) is 0.831. The van der Waals surface area contributed by atoms with E-state index in [0.717, 1.165) is 46.3 Å². The molecule has 0 radical (unpaired) electrons. The molecule has 0 spiro atoms. The highest BCUT2D eigenvalue weighted by Crippen LogP contribution is 2.34. The van der Waals surface area contributed by atoms with Gasteiger partial charge in [0.2, 0.25) is 0 Å². The Bertz CT molecular complexity index is 1160. The summed E-state index contributed by atoms with van der Waals surface area (Å²) in [6.07, 6.45) is 3.55. The number of benzene rings is 1. The maximum Gasteiger partial charge on any atom is 0.131 e. The quantitative estimate of drug-likeness (QED) is 0.484. The lowest BCUT2D eigenvalue weighted by molar-refractivity contribution is 0.631. The summed E-state index contributed by atoms with van der Waals surface area (Å²) in [5, 5.41) is 4.27. The number of pyridine rings is 1. The van der Waals surface area contributed by atoms with Gasteiger partial charge >= 0.3 is 0 Å². The van der Waals surface area contributed by atoms with Crippen LogP contribution in [-0.4, -0.2) is 24.7 Å². The molecule has 0 atom stereocenters. The lowest BCUT2D eigenvalue weighted by Crippen LogP contribution is -1.92. The van der Waals surface area contributed by atoms with Crippen LogP contribution in [0.4, 0.5) is 4.39 Å². The molecule has 0 aliphatic rings. The average molecular weight is 389 g/mol. The molecule has 6 heteroatoms. The molecule has 4 rings (SSSR count). The van der Waals surface area contributed by atoms with E-state index < -0.39 is 0 Å². The number of H-pyrrole nitrogens is 1. The van der Waals surface area contributed by atoms with Crippen LogP contribution in [0.15, 0.2) is 48.8 Å². The van der Waals surface area contributed by atoms with Gasteiger partial charge in [0.15, 0.2) is 0 Å². The van der Waals surface area contributed by atoms with Gasteiger partial charge in [0, 0.05) is 41.0 Å². The van der Waals surface area contributed by atoms with Crippen molar-refractivity contribution in [3.05, 3.63) is 66.1 Å². The number of imidazole rings is 1. The second-order valence-corrected chi connectivity index (χ2v) is 7.44. The Morgan fingerprint density at radius 2 is 1.93 bits per heavy atom. The van der Waals surface area contributed by atoms with E-state index in [9.17, 15) is 4.39 Å². The monoisotopic (exact) mass is 389 g/mol. The van der Waals surface area contributed by atoms with Gasteiger partial charge in [-0.25, -0.2) is 9.37 Å². The molecule has 0 saturated heterocycles. The third kappa shape index (κ3) is 3.70. The lowest BCUT2D eigenvalue weighted by Gasteiger charge is -2.07. The van der Waals surface area contributed by atoms with Crippen molar-refractivity contribution in [2.45, 2.75) is 40.2 Å². The van der Waals surface area contributed by atoms with E-state index in [0.29, 0.717) is 5.56 Å². The summed E-state index contributed by atoms with van der Waals surface area (Å²) in [4.78, 5) is 12.9. The second-order valence-electron chi connectivity index (χ2n) is 7.44. The van der Waals surface area contributed by atoms with Crippen molar-refractivity contribution in [3.8, 4) is 33.8 Å². The molecule has 0 amide bonds. The highest BCUT2D eigenvalue weighted by atomic mass is 19.1. The Hall–Kier alpha value is -3.28. The Morgan fingerprint density at radius 3 is 2.62 bits per heavy atom. The molecule has 3 aromatic heterocycles. The number of hydrogen-bond donors (Lipinski definition) is 1. The van der Waals surface area contributed by atoms with Crippen molar-refractivity contribution in [2.24, 2.45) is 0 Å². The smallest absolute Gasteiger partial charge is 0.131 e. The van der Waals surface area contributed by atoms with Crippen LogP contribution in [0, 0.1) is 12.7 Å². The molecule has 0 unspecified atom stereocenters. The molecule has 0 aliphatic heterocycles. The number of halogens is 1. The van der Waals surface area contributed by atoms with Crippen molar-refractivity contribution in [3.63, 3.8) is 0 Å². The first kappa shape index (κ1) is 19.1. The van der Waals surface area contributed by atoms with E-state index in [1.165, 1.54) is 6.07 Å². The summed E-state index contributed by atoms with van der Waals surface area (Å²) in [7, 11) is 0. The maximum atomic E-state index is 14.6. The zero-order valence-corrected chi connectivity index (χ0v) is 17.1. The summed E-state index contributed by atoms with van der Waals surface area (Å²) in [6.45, 7) is 8.88. The van der Waals surface area contributed by atoms with Crippen LogP contribution in [0.5, 0.6) is 0 Å². The number of aromatic nitrogens is 5. The Labute approximate surface area is 169 Å². The average Bonchev–Trinajstić information content (AvgIpc) is 3.36. The predicted octanol–water partition coefficient (Wildman–Crippen LogP) is 5.59. The highest BCUT2D eigenvalue weighted by molar-refractivity contribution is 5.80. The van der Waals surface area contributed by atoms with Crippen LogP contribution in [-0.2, 0) is 6.54 Å². The van der Waals surface area contributed by atoms with Crippen LogP contribution < -0.4 is 0 Å². The molecule has 1 N–H and O–H groups in total. The first-order valence-corrected chi connectivity index (χ1v) is 9.83. The van der Waals surface area contributed by atoms with Gasteiger partial charge in [0.05, 0.1) is 23.3 Å². The summed E-state index contributed by atoms with van der Waals surface area (Å²) >= 11 is 0. The van der Waals surface area contributed by atoms with Crippen molar-refractivity contribution in [1.29, 1.82) is 0 Å². The number of rotatable bonds is 5. The fourth-order valence-corrected chi connectivity index (χ4v) is 3.31. The summed E-state index contributed by atoms with van der Waals surface area (Å²) in [5.41, 5.74) is 5.48. The SMILES string of the molecule is CCn1cc(-c2cc(-c3nc(C(C)C)[nH]c3-c3cccc(C)n3)ccc2F)cn1. The highest BCUT2D eigenvalue weighted by Gasteiger charge is 2.19. The molecule has 29 heavy (non-hydrogen) atoms. The van der Waals surface area contributed by atoms with Crippen LogP contribution in [0.2, 0.25) is 0 Å². The van der Waals surface area contributed by atoms with Crippen molar-refractivity contribution < 1.29 is 4.39 Å². The lowest BCUT2D eigenvalue weighted by atomic mass is 10.0. The van der Waals surface area contributed by atoms with Crippen molar-refractivity contribution in [1.82, 2.24) is 24.7 Å². The second kappa shape index (κ2) is 7.62. The van der Waals surface area contributed by atoms with Crippen LogP contribution in [0.1, 0.15) is 38.2 Å². The van der Waals surface area contributed by atoms with E-state index in [4.69, 9.17) is 4.98 Å². The molecule has 4 aromatic rings. The van der Waals surface area contributed by atoms with Crippen molar-refractivity contribution in [2.75, 3.05) is 0 Å². The Kier molecular flexibility index (Phi) is 5.01. The van der Waals surface area contributed by atoms with Gasteiger partial charge in [0.1, 0.15) is 11.6 Å². The van der Waals surface area contributed by atoms with Gasteiger partial charge in [-0.15, -0.1) is 0 Å². The van der Waals surface area contributed by atoms with Gasteiger partial charge in [-0.05, 0) is 44.2 Å². The maximum absolute atomic E-state index is 14.6. The van der Waals surface area contributed by atoms with E-state index in [2.05, 4.69) is 28.9 Å². The van der Waals surface area contributed by atoms with Crippen LogP contribution in [0.3, 0.4) is 0 Å². The van der Waals surface area contributed by atoms with Gasteiger partial charge < -0.3 is 4.98 Å². The number of nitrogens with zero attached hydrogens (tertiary/aromatic N) is 4. The number of hydrogen-bond acceptors (Lipinski definition) is 3. The zero-order valence-electron chi connectivity index (χ0n) is 17.1. The van der Waals surface area contributed by atoms with Gasteiger partial charge in [-0.3, -0.25) is 9.67 Å². The number of aryl methyl sites for hydroxylation is 2. The van der Waals surface area contributed by atoms with Crippen LogP contribution in [0.25, 0.3) is 33.8 Å². The summed E-state index contributed by atoms with van der Waals surface area (Å²) < 4.78 is 16.4. The van der Waals surface area contributed by atoms with Gasteiger partial charge in [-0.1, -0.05) is 19.9 Å². The molecule has 148 valence electrons. The number of nitrogens with one attached hydrogen (secondary N) is 1. The van der Waals surface area contributed by atoms with E-state index >= 15 is 0 Å². The molecular formula is C23H24FN5. The third-order valence-corrected chi connectivity index (χ3v) is 4.92. The molecule has 0 bridgehead atoms. The van der Waals surface area contributed by atoms with E-state index in [-0.39, 0.29) is 11.7 Å². The number of aromatic amines is 1. The summed E-state index contributed by atoms with van der Waals surface area (Å²) in [6, 6.07) is 11.0. The minimum atomic E-state index is -0.278.